The van der Waals surface area contributed by atoms with Crippen molar-refractivity contribution in [2.24, 2.45) is 11.1 Å². The predicted molar refractivity (Wildman–Crippen MR) is 67.6 cm³/mol. The molecule has 3 nitrogen and oxygen atoms in total. The lowest BCUT2D eigenvalue weighted by Gasteiger charge is -2.17. The summed E-state index contributed by atoms with van der Waals surface area (Å²) in [4.78, 5) is 16.0. The number of hydrogen-bond donors (Lipinski definition) is 1. The molecular weight excluding hydrogens is 220 g/mol. The maximum atomic E-state index is 10.8. The Balaban J connectivity index is 2.30. The van der Waals surface area contributed by atoms with Crippen LogP contribution in [0.5, 0.6) is 0 Å². The van der Waals surface area contributed by atoms with E-state index in [-0.39, 0.29) is 0 Å². The Bertz CT molecular complexity index is 352. The van der Waals surface area contributed by atoms with Gasteiger partial charge >= 0.3 is 0 Å². The number of primary amides is 1. The van der Waals surface area contributed by atoms with Gasteiger partial charge in [0.1, 0.15) is 0 Å². The molecule has 1 heterocycles. The highest BCUT2D eigenvalue weighted by Gasteiger charge is 2.10. The molecule has 0 aliphatic heterocycles. The second-order valence-electron chi connectivity index (χ2n) is 5.26. The van der Waals surface area contributed by atoms with Gasteiger partial charge in [-0.25, -0.2) is 4.98 Å². The van der Waals surface area contributed by atoms with E-state index < -0.39 is 5.91 Å². The molecule has 0 saturated carbocycles. The van der Waals surface area contributed by atoms with E-state index in [0.717, 1.165) is 17.7 Å². The van der Waals surface area contributed by atoms with E-state index >= 15 is 0 Å². The van der Waals surface area contributed by atoms with Gasteiger partial charge in [-0.15, -0.1) is 11.3 Å². The minimum absolute atomic E-state index is 0.409. The Morgan fingerprint density at radius 1 is 1.44 bits per heavy atom. The van der Waals surface area contributed by atoms with Crippen molar-refractivity contribution < 1.29 is 4.79 Å². The molecular formula is C12H20N2OS. The van der Waals surface area contributed by atoms with Gasteiger partial charge in [0.25, 0.3) is 5.91 Å². The van der Waals surface area contributed by atoms with E-state index in [0.29, 0.717) is 10.4 Å². The van der Waals surface area contributed by atoms with Crippen molar-refractivity contribution in [3.8, 4) is 0 Å². The van der Waals surface area contributed by atoms with Crippen molar-refractivity contribution in [2.45, 2.75) is 46.5 Å². The van der Waals surface area contributed by atoms with Crippen LogP contribution in [-0.2, 0) is 6.42 Å². The van der Waals surface area contributed by atoms with Gasteiger partial charge in [0, 0.05) is 11.1 Å². The minimum atomic E-state index is -0.425. The summed E-state index contributed by atoms with van der Waals surface area (Å²) in [6.07, 6.45) is 6.36. The summed E-state index contributed by atoms with van der Waals surface area (Å²) in [6, 6.07) is 0. The number of unbranched alkanes of at least 4 members (excludes halogenated alkanes) is 1. The number of rotatable bonds is 5. The number of nitrogens with zero attached hydrogens (tertiary/aromatic N) is 1. The zero-order valence-electron chi connectivity index (χ0n) is 10.2. The minimum Gasteiger partial charge on any atom is -0.364 e. The third-order valence-electron chi connectivity index (χ3n) is 2.36. The number of aryl methyl sites for hydroxylation is 1. The number of thiazole rings is 1. The molecule has 4 heteroatoms. The second-order valence-corrected chi connectivity index (χ2v) is 6.38. The van der Waals surface area contributed by atoms with Gasteiger partial charge in [-0.3, -0.25) is 4.79 Å². The number of carbonyl (C=O) groups is 1. The van der Waals surface area contributed by atoms with E-state index in [1.165, 1.54) is 24.2 Å². The number of nitrogens with two attached hydrogens (primary N) is 1. The van der Waals surface area contributed by atoms with E-state index in [2.05, 4.69) is 25.8 Å². The van der Waals surface area contributed by atoms with Crippen LogP contribution in [0.1, 0.15) is 54.7 Å². The second kappa shape index (κ2) is 5.43. The summed E-state index contributed by atoms with van der Waals surface area (Å²) in [6.45, 7) is 6.76. The molecule has 2 N–H and O–H groups in total. The average Bonchev–Trinajstić information content (AvgIpc) is 2.59. The van der Waals surface area contributed by atoms with Gasteiger partial charge in [0.05, 0.1) is 0 Å². The van der Waals surface area contributed by atoms with Crippen molar-refractivity contribution in [1.29, 1.82) is 0 Å². The lowest BCUT2D eigenvalue weighted by Crippen LogP contribution is -2.09. The summed E-state index contributed by atoms with van der Waals surface area (Å²) < 4.78 is 0. The van der Waals surface area contributed by atoms with Gasteiger partial charge in [-0.2, -0.15) is 0 Å². The van der Waals surface area contributed by atoms with Crippen LogP contribution in [-0.4, -0.2) is 10.9 Å². The van der Waals surface area contributed by atoms with Crippen LogP contribution >= 0.6 is 11.3 Å². The van der Waals surface area contributed by atoms with Crippen LogP contribution < -0.4 is 5.73 Å². The fraction of sp³-hybridized carbons (Fsp3) is 0.667. The smallest absolute Gasteiger partial charge is 0.277 e. The van der Waals surface area contributed by atoms with Gasteiger partial charge < -0.3 is 5.73 Å². The molecule has 0 atom stereocenters. The first-order chi connectivity index (χ1) is 7.38. The van der Waals surface area contributed by atoms with Crippen LogP contribution in [0, 0.1) is 5.41 Å². The Labute approximate surface area is 101 Å². The third-order valence-corrected chi connectivity index (χ3v) is 3.44. The lowest BCUT2D eigenvalue weighted by atomic mass is 9.89. The van der Waals surface area contributed by atoms with E-state index in [9.17, 15) is 4.79 Å². The predicted octanol–water partition coefficient (Wildman–Crippen LogP) is 3.00. The number of aromatic nitrogens is 1. The maximum absolute atomic E-state index is 10.8. The first kappa shape index (κ1) is 13.2. The molecule has 0 fully saturated rings. The zero-order valence-corrected chi connectivity index (χ0v) is 11.1. The molecule has 1 aromatic heterocycles. The molecule has 0 aliphatic carbocycles. The van der Waals surface area contributed by atoms with Crippen LogP contribution in [0.25, 0.3) is 0 Å². The highest BCUT2D eigenvalue weighted by molar-refractivity contribution is 7.13. The third kappa shape index (κ3) is 4.75. The summed E-state index contributed by atoms with van der Waals surface area (Å²) in [5.74, 6) is -0.425. The van der Waals surface area contributed by atoms with Crippen molar-refractivity contribution in [2.75, 3.05) is 0 Å². The van der Waals surface area contributed by atoms with Crippen LogP contribution in [0.4, 0.5) is 0 Å². The van der Waals surface area contributed by atoms with Crippen molar-refractivity contribution >= 4 is 17.2 Å². The summed E-state index contributed by atoms with van der Waals surface area (Å²) in [5, 5.41) is 0.422. The molecule has 16 heavy (non-hydrogen) atoms. The van der Waals surface area contributed by atoms with E-state index in [1.807, 2.05) is 0 Å². The standard InChI is InChI=1S/C12H20N2OS/c1-12(2,3)7-5-4-6-9-8-14-11(16-9)10(13)15/h8H,4-7H2,1-3H3,(H2,13,15). The van der Waals surface area contributed by atoms with Gasteiger partial charge in [-0.05, 0) is 24.7 Å². The largest absolute Gasteiger partial charge is 0.364 e. The Kier molecular flexibility index (Phi) is 4.47. The molecule has 0 spiro atoms. The van der Waals surface area contributed by atoms with Gasteiger partial charge in [0.2, 0.25) is 0 Å². The monoisotopic (exact) mass is 240 g/mol. The van der Waals surface area contributed by atoms with Gasteiger partial charge in [-0.1, -0.05) is 27.2 Å². The van der Waals surface area contributed by atoms with E-state index in [4.69, 9.17) is 5.73 Å². The fourth-order valence-electron chi connectivity index (χ4n) is 1.49. The Hall–Kier alpha value is -0.900. The zero-order chi connectivity index (χ0) is 12.2. The maximum Gasteiger partial charge on any atom is 0.277 e. The van der Waals surface area contributed by atoms with Crippen LogP contribution in [0.3, 0.4) is 0 Å². The normalized spacial score (nSPS) is 11.7. The first-order valence-electron chi connectivity index (χ1n) is 5.63. The van der Waals surface area contributed by atoms with Crippen molar-refractivity contribution in [1.82, 2.24) is 4.98 Å². The Morgan fingerprint density at radius 3 is 2.62 bits per heavy atom. The molecule has 0 aromatic carbocycles. The Morgan fingerprint density at radius 2 is 2.12 bits per heavy atom. The fourth-order valence-corrected chi connectivity index (χ4v) is 2.30. The van der Waals surface area contributed by atoms with Crippen molar-refractivity contribution in [3.63, 3.8) is 0 Å². The molecule has 0 aliphatic rings. The van der Waals surface area contributed by atoms with E-state index in [1.54, 1.807) is 6.20 Å². The summed E-state index contributed by atoms with van der Waals surface area (Å²) in [7, 11) is 0. The lowest BCUT2D eigenvalue weighted by molar-refractivity contribution is 0.1000. The van der Waals surface area contributed by atoms with Crippen LogP contribution in [0.2, 0.25) is 0 Å². The number of hydrogen-bond acceptors (Lipinski definition) is 3. The summed E-state index contributed by atoms with van der Waals surface area (Å²) >= 11 is 1.41. The molecule has 0 unspecified atom stereocenters. The molecule has 0 radical (unpaired) electrons. The summed E-state index contributed by atoms with van der Waals surface area (Å²) in [5.41, 5.74) is 5.56. The molecule has 1 rings (SSSR count). The number of amides is 1. The quantitative estimate of drug-likeness (QED) is 0.804. The number of carbonyl (C=O) groups excluding carboxylic acids is 1. The molecule has 0 bridgehead atoms. The molecule has 1 aromatic rings. The highest BCUT2D eigenvalue weighted by atomic mass is 32.1. The average molecular weight is 240 g/mol. The SMILES string of the molecule is CC(C)(C)CCCCc1cnc(C(N)=O)s1. The molecule has 1 amide bonds. The molecule has 0 saturated heterocycles. The van der Waals surface area contributed by atoms with Gasteiger partial charge in [0.15, 0.2) is 5.01 Å². The highest BCUT2D eigenvalue weighted by Crippen LogP contribution is 2.23. The first-order valence-corrected chi connectivity index (χ1v) is 6.45. The van der Waals surface area contributed by atoms with Crippen molar-refractivity contribution in [3.05, 3.63) is 16.1 Å². The topological polar surface area (TPSA) is 56.0 Å². The van der Waals surface area contributed by atoms with Crippen LogP contribution in [0.15, 0.2) is 6.20 Å². The molecule has 90 valence electrons.